The lowest BCUT2D eigenvalue weighted by Crippen LogP contribution is -2.51. The van der Waals surface area contributed by atoms with E-state index in [4.69, 9.17) is 11.0 Å². The van der Waals surface area contributed by atoms with E-state index >= 15 is 0 Å². The van der Waals surface area contributed by atoms with E-state index in [2.05, 4.69) is 11.4 Å². The van der Waals surface area contributed by atoms with Crippen LogP contribution in [0.15, 0.2) is 54.6 Å². The summed E-state index contributed by atoms with van der Waals surface area (Å²) in [6, 6.07) is 18.3. The molecule has 0 aliphatic carbocycles. The summed E-state index contributed by atoms with van der Waals surface area (Å²) >= 11 is 0. The third-order valence-electron chi connectivity index (χ3n) is 5.24. The van der Waals surface area contributed by atoms with Gasteiger partial charge >= 0.3 is 0 Å². The molecule has 0 spiro atoms. The zero-order chi connectivity index (χ0) is 20.6. The first-order valence-electron chi connectivity index (χ1n) is 9.92. The van der Waals surface area contributed by atoms with Gasteiger partial charge in [-0.3, -0.25) is 9.59 Å². The van der Waals surface area contributed by atoms with Gasteiger partial charge in [0.2, 0.25) is 11.8 Å². The summed E-state index contributed by atoms with van der Waals surface area (Å²) in [5.74, 6) is -0.389. The van der Waals surface area contributed by atoms with Crippen molar-refractivity contribution in [1.29, 1.82) is 5.26 Å². The monoisotopic (exact) mass is 390 g/mol. The summed E-state index contributed by atoms with van der Waals surface area (Å²) in [7, 11) is 0. The van der Waals surface area contributed by atoms with Crippen LogP contribution in [0.25, 0.3) is 0 Å². The third kappa shape index (κ3) is 5.66. The molecule has 2 aromatic rings. The molecule has 0 saturated carbocycles. The van der Waals surface area contributed by atoms with Crippen molar-refractivity contribution in [3.05, 3.63) is 71.3 Å². The van der Waals surface area contributed by atoms with Gasteiger partial charge in [-0.1, -0.05) is 42.5 Å². The Balaban J connectivity index is 1.54. The highest BCUT2D eigenvalue weighted by Gasteiger charge is 2.30. The Morgan fingerprint density at radius 3 is 2.69 bits per heavy atom. The van der Waals surface area contributed by atoms with E-state index in [0.29, 0.717) is 31.6 Å². The van der Waals surface area contributed by atoms with Gasteiger partial charge in [-0.25, -0.2) is 0 Å². The number of piperidine rings is 1. The molecule has 6 heteroatoms. The number of hydrogen-bond donors (Lipinski definition) is 2. The maximum absolute atomic E-state index is 12.8. The largest absolute Gasteiger partial charge is 0.352 e. The number of benzene rings is 2. The van der Waals surface area contributed by atoms with Gasteiger partial charge in [-0.05, 0) is 42.5 Å². The summed E-state index contributed by atoms with van der Waals surface area (Å²) in [4.78, 5) is 27.1. The molecular weight excluding hydrogens is 364 g/mol. The molecule has 1 saturated heterocycles. The Bertz CT molecular complexity index is 891. The lowest BCUT2D eigenvalue weighted by atomic mass is 9.95. The van der Waals surface area contributed by atoms with Gasteiger partial charge in [-0.15, -0.1) is 0 Å². The van der Waals surface area contributed by atoms with Gasteiger partial charge in [0.05, 0.1) is 23.6 Å². The number of nitriles is 1. The van der Waals surface area contributed by atoms with Crippen LogP contribution in [0.1, 0.15) is 29.5 Å². The predicted octanol–water partition coefficient (Wildman–Crippen LogP) is 1.98. The minimum atomic E-state index is -0.685. The Kier molecular flexibility index (Phi) is 6.99. The minimum absolute atomic E-state index is 0.0263. The average Bonchev–Trinajstić information content (AvgIpc) is 2.77. The normalized spacial score (nSPS) is 17.2. The zero-order valence-corrected chi connectivity index (χ0v) is 16.4. The van der Waals surface area contributed by atoms with Crippen molar-refractivity contribution in [2.24, 2.45) is 11.7 Å². The molecule has 3 rings (SSSR count). The lowest BCUT2D eigenvalue weighted by molar-refractivity contribution is -0.136. The second-order valence-electron chi connectivity index (χ2n) is 7.45. The maximum atomic E-state index is 12.8. The van der Waals surface area contributed by atoms with Gasteiger partial charge in [0.1, 0.15) is 0 Å². The Morgan fingerprint density at radius 2 is 1.93 bits per heavy atom. The molecule has 6 nitrogen and oxygen atoms in total. The van der Waals surface area contributed by atoms with Crippen LogP contribution in [0.2, 0.25) is 0 Å². The molecule has 2 amide bonds. The van der Waals surface area contributed by atoms with E-state index < -0.39 is 6.04 Å². The van der Waals surface area contributed by atoms with Crippen LogP contribution < -0.4 is 11.1 Å². The molecule has 2 atom stereocenters. The third-order valence-corrected chi connectivity index (χ3v) is 5.24. The second kappa shape index (κ2) is 9.85. The van der Waals surface area contributed by atoms with E-state index in [1.165, 1.54) is 0 Å². The van der Waals surface area contributed by atoms with Crippen LogP contribution in [-0.2, 0) is 22.6 Å². The number of amides is 2. The molecule has 150 valence electrons. The molecule has 1 fully saturated rings. The van der Waals surface area contributed by atoms with Gasteiger partial charge in [0.25, 0.3) is 0 Å². The molecule has 1 aliphatic heterocycles. The number of rotatable bonds is 6. The van der Waals surface area contributed by atoms with Gasteiger partial charge in [0, 0.05) is 19.6 Å². The van der Waals surface area contributed by atoms with Crippen LogP contribution >= 0.6 is 0 Å². The molecular formula is C23H26N4O2. The highest BCUT2D eigenvalue weighted by Crippen LogP contribution is 2.18. The van der Waals surface area contributed by atoms with Crippen molar-refractivity contribution >= 4 is 11.8 Å². The zero-order valence-electron chi connectivity index (χ0n) is 16.4. The number of carbonyl (C=O) groups is 2. The van der Waals surface area contributed by atoms with Crippen molar-refractivity contribution in [2.45, 2.75) is 31.8 Å². The van der Waals surface area contributed by atoms with Crippen molar-refractivity contribution < 1.29 is 9.59 Å². The summed E-state index contributed by atoms with van der Waals surface area (Å²) in [5.41, 5.74) is 8.61. The summed E-state index contributed by atoms with van der Waals surface area (Å²) in [6.45, 7) is 1.50. The van der Waals surface area contributed by atoms with Crippen LogP contribution in [0.4, 0.5) is 0 Å². The molecule has 1 aliphatic rings. The number of nitrogens with zero attached hydrogens (tertiary/aromatic N) is 2. The molecule has 0 radical (unpaired) electrons. The minimum Gasteiger partial charge on any atom is -0.352 e. The number of nitrogens with one attached hydrogen (secondary N) is 1. The van der Waals surface area contributed by atoms with Crippen LogP contribution in [-0.4, -0.2) is 35.8 Å². The smallest absolute Gasteiger partial charge is 0.239 e. The molecule has 0 bridgehead atoms. The number of carbonyl (C=O) groups excluding carboxylic acids is 2. The molecule has 0 aromatic heterocycles. The SMILES string of the molecule is N#Cc1cccc(C[C@H](N)C(=O)N2CCCC(C(=O)NCc3ccccc3)C2)c1. The molecule has 1 unspecified atom stereocenters. The standard InChI is InChI=1S/C23H26N4O2/c24-14-19-9-4-8-18(12-19)13-21(25)23(29)27-11-5-10-20(16-27)22(28)26-15-17-6-2-1-3-7-17/h1-4,6-9,12,20-21H,5,10-11,13,15-16,25H2,(H,26,28)/t20?,21-/m0/s1. The predicted molar refractivity (Wildman–Crippen MR) is 110 cm³/mol. The summed E-state index contributed by atoms with van der Waals surface area (Å²) < 4.78 is 0. The summed E-state index contributed by atoms with van der Waals surface area (Å²) in [6.07, 6.45) is 1.92. The fourth-order valence-electron chi connectivity index (χ4n) is 3.66. The molecule has 29 heavy (non-hydrogen) atoms. The van der Waals surface area contributed by atoms with Crippen molar-refractivity contribution in [2.75, 3.05) is 13.1 Å². The molecule has 1 heterocycles. The quantitative estimate of drug-likeness (QED) is 0.788. The van der Waals surface area contributed by atoms with E-state index in [0.717, 1.165) is 24.0 Å². The number of hydrogen-bond acceptors (Lipinski definition) is 4. The van der Waals surface area contributed by atoms with Gasteiger partial charge in [0.15, 0.2) is 0 Å². The van der Waals surface area contributed by atoms with Crippen molar-refractivity contribution in [3.63, 3.8) is 0 Å². The Hall–Kier alpha value is -3.17. The Labute approximate surface area is 171 Å². The van der Waals surface area contributed by atoms with Crippen molar-refractivity contribution in [3.8, 4) is 6.07 Å². The fourth-order valence-corrected chi connectivity index (χ4v) is 3.66. The lowest BCUT2D eigenvalue weighted by Gasteiger charge is -2.33. The molecule has 2 aromatic carbocycles. The number of likely N-dealkylation sites (tertiary alicyclic amines) is 1. The maximum Gasteiger partial charge on any atom is 0.239 e. The summed E-state index contributed by atoms with van der Waals surface area (Å²) in [5, 5.41) is 12.0. The highest BCUT2D eigenvalue weighted by atomic mass is 16.2. The van der Waals surface area contributed by atoms with Gasteiger partial charge < -0.3 is 16.0 Å². The van der Waals surface area contributed by atoms with Crippen molar-refractivity contribution in [1.82, 2.24) is 10.2 Å². The fraction of sp³-hybridized carbons (Fsp3) is 0.348. The second-order valence-corrected chi connectivity index (χ2v) is 7.45. The van der Waals surface area contributed by atoms with E-state index in [1.54, 1.807) is 23.1 Å². The van der Waals surface area contributed by atoms with Crippen LogP contribution in [0.5, 0.6) is 0 Å². The first kappa shape index (κ1) is 20.6. The first-order chi connectivity index (χ1) is 14.1. The topological polar surface area (TPSA) is 99.2 Å². The molecule has 3 N–H and O–H groups in total. The van der Waals surface area contributed by atoms with Crippen LogP contribution in [0, 0.1) is 17.2 Å². The van der Waals surface area contributed by atoms with E-state index in [9.17, 15) is 9.59 Å². The number of nitrogens with two attached hydrogens (primary N) is 1. The highest BCUT2D eigenvalue weighted by molar-refractivity contribution is 5.84. The van der Waals surface area contributed by atoms with Gasteiger partial charge in [-0.2, -0.15) is 5.26 Å². The Morgan fingerprint density at radius 1 is 1.17 bits per heavy atom. The van der Waals surface area contributed by atoms with E-state index in [-0.39, 0.29) is 17.7 Å². The van der Waals surface area contributed by atoms with Crippen LogP contribution in [0.3, 0.4) is 0 Å². The van der Waals surface area contributed by atoms with E-state index in [1.807, 2.05) is 36.4 Å². The average molecular weight is 390 g/mol. The first-order valence-corrected chi connectivity index (χ1v) is 9.92.